The van der Waals surface area contributed by atoms with E-state index in [0.717, 1.165) is 71.0 Å². The van der Waals surface area contributed by atoms with Crippen LogP contribution in [-0.2, 0) is 52.4 Å². The maximum atomic E-state index is 14.1. The highest BCUT2D eigenvalue weighted by atomic mass is 32.2. The average molecular weight is 601 g/mol. The molecule has 9 heteroatoms. The summed E-state index contributed by atoms with van der Waals surface area (Å²) in [6, 6.07) is 15.9. The molecule has 0 fully saturated rings. The molecule has 0 amide bonds. The van der Waals surface area contributed by atoms with E-state index in [9.17, 15) is 13.2 Å². The van der Waals surface area contributed by atoms with Crippen molar-refractivity contribution in [2.24, 2.45) is 13.0 Å². The maximum absolute atomic E-state index is 14.1. The van der Waals surface area contributed by atoms with Crippen LogP contribution < -0.4 is 0 Å². The van der Waals surface area contributed by atoms with Crippen molar-refractivity contribution in [1.29, 1.82) is 0 Å². The fourth-order valence-corrected chi connectivity index (χ4v) is 8.75. The van der Waals surface area contributed by atoms with E-state index < -0.39 is 10.0 Å². The molecule has 0 unspecified atom stereocenters. The van der Waals surface area contributed by atoms with Gasteiger partial charge < -0.3 is 4.74 Å². The molecule has 6 rings (SSSR count). The quantitative estimate of drug-likeness (QED) is 0.244. The van der Waals surface area contributed by atoms with Crippen molar-refractivity contribution in [3.8, 4) is 0 Å². The van der Waals surface area contributed by atoms with Gasteiger partial charge in [-0.1, -0.05) is 55.0 Å². The summed E-state index contributed by atoms with van der Waals surface area (Å²) in [6.07, 6.45) is 4.76. The van der Waals surface area contributed by atoms with E-state index in [1.165, 1.54) is 11.1 Å². The van der Waals surface area contributed by atoms with Gasteiger partial charge >= 0.3 is 5.97 Å². The summed E-state index contributed by atoms with van der Waals surface area (Å²) in [5, 5.41) is 8.61. The number of carbonyl (C=O) groups is 1. The van der Waals surface area contributed by atoms with E-state index in [1.807, 2.05) is 45.2 Å². The number of aromatic nitrogens is 3. The van der Waals surface area contributed by atoms with Crippen LogP contribution in [0.4, 0.5) is 0 Å². The molecular formula is C34H40N4O4S. The van der Waals surface area contributed by atoms with Crippen LogP contribution in [0.15, 0.2) is 53.4 Å². The lowest BCUT2D eigenvalue weighted by atomic mass is 9.83. The maximum Gasteiger partial charge on any atom is 0.306 e. The van der Waals surface area contributed by atoms with Gasteiger partial charge in [-0.2, -0.15) is 4.31 Å². The highest BCUT2D eigenvalue weighted by Crippen LogP contribution is 2.39. The first-order valence-electron chi connectivity index (χ1n) is 15.4. The number of carbonyl (C=O) groups excluding carboxylic acids is 1. The predicted octanol–water partition coefficient (Wildman–Crippen LogP) is 5.62. The lowest BCUT2D eigenvalue weighted by Gasteiger charge is -2.26. The van der Waals surface area contributed by atoms with Crippen molar-refractivity contribution >= 4 is 27.0 Å². The Kier molecular flexibility index (Phi) is 8.13. The van der Waals surface area contributed by atoms with Crippen LogP contribution in [0.2, 0.25) is 0 Å². The molecule has 0 bridgehead atoms. The van der Waals surface area contributed by atoms with Gasteiger partial charge in [0.25, 0.3) is 0 Å². The number of hydrogen-bond acceptors (Lipinski definition) is 6. The van der Waals surface area contributed by atoms with Crippen molar-refractivity contribution in [2.45, 2.75) is 76.7 Å². The second-order valence-electron chi connectivity index (χ2n) is 12.0. The zero-order valence-corrected chi connectivity index (χ0v) is 26.3. The lowest BCUT2D eigenvalue weighted by Crippen LogP contribution is -2.33. The third-order valence-electron chi connectivity index (χ3n) is 9.35. The highest BCUT2D eigenvalue weighted by molar-refractivity contribution is 7.89. The molecular weight excluding hydrogens is 560 g/mol. The van der Waals surface area contributed by atoms with E-state index in [1.54, 1.807) is 15.1 Å². The number of nitrogens with zero attached hydrogens (tertiary/aromatic N) is 4. The van der Waals surface area contributed by atoms with Gasteiger partial charge in [0.15, 0.2) is 0 Å². The van der Waals surface area contributed by atoms with Gasteiger partial charge in [-0.05, 0) is 96.5 Å². The van der Waals surface area contributed by atoms with E-state index in [0.29, 0.717) is 24.6 Å². The predicted molar refractivity (Wildman–Crippen MR) is 166 cm³/mol. The SMILES string of the molecule is CCOC(=O)C[C@H](c1cc2c(c(CN3C[C@H](CC)Cc4ccccc4S3(=O)=O)c1)CCC2)c1ccc2c(nnn2C)c1C. The first-order valence-corrected chi connectivity index (χ1v) is 16.8. The monoisotopic (exact) mass is 600 g/mol. The Labute approximate surface area is 254 Å². The largest absolute Gasteiger partial charge is 0.466 e. The number of esters is 1. The van der Waals surface area contributed by atoms with Gasteiger partial charge in [0, 0.05) is 26.1 Å². The van der Waals surface area contributed by atoms with Crippen molar-refractivity contribution < 1.29 is 17.9 Å². The second-order valence-corrected chi connectivity index (χ2v) is 13.9. The van der Waals surface area contributed by atoms with Crippen LogP contribution in [-0.4, -0.2) is 46.8 Å². The zero-order valence-electron chi connectivity index (χ0n) is 25.5. The molecule has 0 radical (unpaired) electrons. The topological polar surface area (TPSA) is 94.4 Å². The van der Waals surface area contributed by atoms with Crippen molar-refractivity contribution in [2.75, 3.05) is 13.2 Å². The molecule has 1 aliphatic carbocycles. The number of ether oxygens (including phenoxy) is 1. The third kappa shape index (κ3) is 5.49. The minimum absolute atomic E-state index is 0.186. The Balaban J connectivity index is 1.45. The minimum Gasteiger partial charge on any atom is -0.466 e. The number of fused-ring (bicyclic) bond motifs is 3. The average Bonchev–Trinajstić information content (AvgIpc) is 3.60. The number of aryl methyl sites for hydroxylation is 3. The van der Waals surface area contributed by atoms with Crippen LogP contribution in [0.1, 0.15) is 78.0 Å². The van der Waals surface area contributed by atoms with Gasteiger partial charge in [0.1, 0.15) is 5.52 Å². The molecule has 4 aromatic rings. The molecule has 1 aliphatic heterocycles. The number of benzene rings is 3. The van der Waals surface area contributed by atoms with E-state index in [2.05, 4.69) is 35.4 Å². The molecule has 8 nitrogen and oxygen atoms in total. The van der Waals surface area contributed by atoms with Crippen LogP contribution in [0.5, 0.6) is 0 Å². The fraction of sp³-hybridized carbons (Fsp3) is 0.441. The first-order chi connectivity index (χ1) is 20.7. The van der Waals surface area contributed by atoms with E-state index in [4.69, 9.17) is 4.74 Å². The summed E-state index contributed by atoms with van der Waals surface area (Å²) in [6.45, 7) is 7.11. The molecule has 0 saturated carbocycles. The summed E-state index contributed by atoms with van der Waals surface area (Å²) in [5.41, 5.74) is 9.19. The summed E-state index contributed by atoms with van der Waals surface area (Å²) in [4.78, 5) is 13.4. The molecule has 3 aromatic carbocycles. The summed E-state index contributed by atoms with van der Waals surface area (Å²) >= 11 is 0. The smallest absolute Gasteiger partial charge is 0.306 e. The Morgan fingerprint density at radius 3 is 2.70 bits per heavy atom. The highest BCUT2D eigenvalue weighted by Gasteiger charge is 2.34. The molecule has 43 heavy (non-hydrogen) atoms. The van der Waals surface area contributed by atoms with Gasteiger partial charge in [0.05, 0.1) is 23.4 Å². The Bertz CT molecular complexity index is 1800. The van der Waals surface area contributed by atoms with Gasteiger partial charge in [-0.3, -0.25) is 4.79 Å². The molecule has 0 N–H and O–H groups in total. The molecule has 0 saturated heterocycles. The van der Waals surface area contributed by atoms with E-state index in [-0.39, 0.29) is 24.2 Å². The molecule has 2 atom stereocenters. The van der Waals surface area contributed by atoms with Crippen molar-refractivity contribution in [3.63, 3.8) is 0 Å². The first kappa shape index (κ1) is 29.5. The molecule has 1 aromatic heterocycles. The lowest BCUT2D eigenvalue weighted by molar-refractivity contribution is -0.143. The van der Waals surface area contributed by atoms with E-state index >= 15 is 0 Å². The number of sulfonamides is 1. The number of hydrogen-bond donors (Lipinski definition) is 0. The molecule has 2 aliphatic rings. The Morgan fingerprint density at radius 2 is 1.91 bits per heavy atom. The van der Waals surface area contributed by atoms with Crippen LogP contribution in [0.3, 0.4) is 0 Å². The standard InChI is InChI=1S/C34H40N4O4S/c1-5-23-16-25-10-7-8-13-32(25)43(40,41)38(20-23)21-27-18-26(17-24-11-9-12-29(24)27)30(19-33(39)42-6-2)28-14-15-31-34(22(28)3)35-36-37(31)4/h7-8,10,13-15,17-18,23,30H,5-6,9,11-12,16,19-21H2,1-4H3/t23-,30-/m1/s1. The van der Waals surface area contributed by atoms with Crippen LogP contribution in [0, 0.1) is 12.8 Å². The molecule has 226 valence electrons. The summed E-state index contributed by atoms with van der Waals surface area (Å²) in [7, 11) is -1.81. The normalized spacial score (nSPS) is 18.7. The summed E-state index contributed by atoms with van der Waals surface area (Å²) in [5.74, 6) is -0.279. The van der Waals surface area contributed by atoms with Crippen LogP contribution in [0.25, 0.3) is 11.0 Å². The minimum atomic E-state index is -3.68. The van der Waals surface area contributed by atoms with Crippen LogP contribution >= 0.6 is 0 Å². The Hall–Kier alpha value is -3.56. The summed E-state index contributed by atoms with van der Waals surface area (Å²) < 4.78 is 37.0. The van der Waals surface area contributed by atoms with Gasteiger partial charge in [0.2, 0.25) is 10.0 Å². The Morgan fingerprint density at radius 1 is 1.09 bits per heavy atom. The number of rotatable bonds is 8. The molecule has 2 heterocycles. The zero-order chi connectivity index (χ0) is 30.3. The second kappa shape index (κ2) is 11.8. The van der Waals surface area contributed by atoms with Gasteiger partial charge in [-0.15, -0.1) is 5.10 Å². The van der Waals surface area contributed by atoms with Crippen molar-refractivity contribution in [1.82, 2.24) is 19.3 Å². The molecule has 0 spiro atoms. The fourth-order valence-electron chi connectivity index (χ4n) is 7.02. The van der Waals surface area contributed by atoms with Gasteiger partial charge in [-0.25, -0.2) is 13.1 Å². The third-order valence-corrected chi connectivity index (χ3v) is 11.3. The van der Waals surface area contributed by atoms with Crippen molar-refractivity contribution in [3.05, 3.63) is 87.5 Å².